The molecule has 0 fully saturated rings. The van der Waals surface area contributed by atoms with E-state index in [1.165, 1.54) is 10.9 Å². The summed E-state index contributed by atoms with van der Waals surface area (Å²) < 4.78 is 0. The molecular weight excluding hydrogens is 172 g/mol. The Morgan fingerprint density at radius 3 is 2.57 bits per heavy atom. The number of nitrogens with zero attached hydrogens (tertiary/aromatic N) is 2. The van der Waals surface area contributed by atoms with Gasteiger partial charge in [0.1, 0.15) is 0 Å². The van der Waals surface area contributed by atoms with Gasteiger partial charge in [-0.3, -0.25) is 0 Å². The average Bonchev–Trinajstić information content (AvgIpc) is 2.27. The molecule has 1 heterocycles. The van der Waals surface area contributed by atoms with E-state index in [2.05, 4.69) is 42.2 Å². The van der Waals surface area contributed by atoms with Crippen LogP contribution in [-0.4, -0.2) is 10.2 Å². The van der Waals surface area contributed by atoms with Crippen LogP contribution in [0.4, 0.5) is 0 Å². The number of benzene rings is 1. The van der Waals surface area contributed by atoms with Crippen LogP contribution in [0.3, 0.4) is 0 Å². The second-order valence-electron chi connectivity index (χ2n) is 3.44. The van der Waals surface area contributed by atoms with Crippen LogP contribution in [0.1, 0.15) is 25.1 Å². The number of rotatable bonds is 2. The Morgan fingerprint density at radius 2 is 1.86 bits per heavy atom. The molecule has 0 spiro atoms. The van der Waals surface area contributed by atoms with Crippen LogP contribution < -0.4 is 0 Å². The molecule has 0 aliphatic rings. The van der Waals surface area contributed by atoms with Gasteiger partial charge in [-0.15, -0.1) is 0 Å². The van der Waals surface area contributed by atoms with Crippen LogP contribution in [0.5, 0.6) is 0 Å². The zero-order chi connectivity index (χ0) is 9.97. The quantitative estimate of drug-likeness (QED) is 0.720. The molecule has 2 heteroatoms. The molecule has 0 aliphatic heterocycles. The van der Waals surface area contributed by atoms with E-state index in [9.17, 15) is 0 Å². The van der Waals surface area contributed by atoms with Crippen LogP contribution in [0, 0.1) is 0 Å². The van der Waals surface area contributed by atoms with Gasteiger partial charge in [-0.25, -0.2) is 0 Å². The first-order valence-electron chi connectivity index (χ1n) is 5.08. The normalized spacial score (nSPS) is 10.7. The molecule has 2 rings (SSSR count). The van der Waals surface area contributed by atoms with E-state index >= 15 is 0 Å². The first-order valence-corrected chi connectivity index (χ1v) is 5.08. The third-order valence-electron chi connectivity index (χ3n) is 2.47. The summed E-state index contributed by atoms with van der Waals surface area (Å²) in [6.07, 6.45) is 2.01. The molecule has 0 radical (unpaired) electrons. The predicted molar refractivity (Wildman–Crippen MR) is 58.3 cm³/mol. The molecule has 0 saturated heterocycles. The molecule has 0 amide bonds. The Hall–Kier alpha value is -1.44. The number of hydrogen-bond acceptors (Lipinski definition) is 2. The van der Waals surface area contributed by atoms with E-state index in [1.54, 1.807) is 0 Å². The lowest BCUT2D eigenvalue weighted by molar-refractivity contribution is 0.944. The van der Waals surface area contributed by atoms with Crippen LogP contribution in [0.2, 0.25) is 0 Å². The molecule has 1 aromatic carbocycles. The van der Waals surface area contributed by atoms with Gasteiger partial charge in [0.2, 0.25) is 0 Å². The predicted octanol–water partition coefficient (Wildman–Crippen LogP) is 2.75. The molecule has 2 nitrogen and oxygen atoms in total. The summed E-state index contributed by atoms with van der Waals surface area (Å²) >= 11 is 0. The standard InChI is InChI=1S/C12H14N2/c1-3-9-5-6-12-10(7-9)8-11(4-2)13-14-12/h5-8H,3-4H2,1-2H3. The molecule has 2 aromatic rings. The first kappa shape index (κ1) is 9.13. The maximum absolute atomic E-state index is 4.18. The summed E-state index contributed by atoms with van der Waals surface area (Å²) in [5, 5.41) is 9.51. The number of aromatic nitrogens is 2. The number of hydrogen-bond donors (Lipinski definition) is 0. The van der Waals surface area contributed by atoms with Crippen molar-refractivity contribution in [3.8, 4) is 0 Å². The van der Waals surface area contributed by atoms with Crippen molar-refractivity contribution in [2.75, 3.05) is 0 Å². The molecule has 0 saturated carbocycles. The minimum atomic E-state index is 0.944. The van der Waals surface area contributed by atoms with Crippen molar-refractivity contribution in [1.29, 1.82) is 0 Å². The minimum absolute atomic E-state index is 0.944. The summed E-state index contributed by atoms with van der Waals surface area (Å²) in [7, 11) is 0. The average molecular weight is 186 g/mol. The van der Waals surface area contributed by atoms with Crippen LogP contribution in [-0.2, 0) is 12.8 Å². The Morgan fingerprint density at radius 1 is 1.00 bits per heavy atom. The smallest absolute Gasteiger partial charge is 0.0930 e. The Labute approximate surface area is 84.0 Å². The van der Waals surface area contributed by atoms with E-state index in [1.807, 2.05) is 6.07 Å². The molecular formula is C12H14N2. The fourth-order valence-corrected chi connectivity index (χ4v) is 1.53. The SMILES string of the molecule is CCc1ccc2nnc(CC)cc2c1. The molecule has 0 bridgehead atoms. The van der Waals surface area contributed by atoms with Crippen molar-refractivity contribution >= 4 is 10.9 Å². The van der Waals surface area contributed by atoms with E-state index < -0.39 is 0 Å². The van der Waals surface area contributed by atoms with E-state index in [0.717, 1.165) is 24.1 Å². The highest BCUT2D eigenvalue weighted by Gasteiger charge is 1.98. The van der Waals surface area contributed by atoms with Crippen molar-refractivity contribution < 1.29 is 0 Å². The first-order chi connectivity index (χ1) is 6.83. The summed E-state index contributed by atoms with van der Waals surface area (Å²) in [6, 6.07) is 8.48. The number of aryl methyl sites for hydroxylation is 2. The van der Waals surface area contributed by atoms with Gasteiger partial charge in [-0.2, -0.15) is 10.2 Å². The fraction of sp³-hybridized carbons (Fsp3) is 0.333. The Balaban J connectivity index is 2.60. The number of fused-ring (bicyclic) bond motifs is 1. The molecule has 72 valence electrons. The largest absolute Gasteiger partial charge is 0.155 e. The van der Waals surface area contributed by atoms with E-state index in [4.69, 9.17) is 0 Å². The lowest BCUT2D eigenvalue weighted by Gasteiger charge is -2.01. The monoisotopic (exact) mass is 186 g/mol. The maximum Gasteiger partial charge on any atom is 0.0930 e. The topological polar surface area (TPSA) is 25.8 Å². The van der Waals surface area contributed by atoms with Gasteiger partial charge in [0.15, 0.2) is 0 Å². The van der Waals surface area contributed by atoms with Crippen LogP contribution >= 0.6 is 0 Å². The van der Waals surface area contributed by atoms with Crippen molar-refractivity contribution in [2.45, 2.75) is 26.7 Å². The van der Waals surface area contributed by atoms with Crippen molar-refractivity contribution in [1.82, 2.24) is 10.2 Å². The molecule has 1 aromatic heterocycles. The zero-order valence-corrected chi connectivity index (χ0v) is 8.62. The molecule has 0 atom stereocenters. The van der Waals surface area contributed by atoms with Crippen LogP contribution in [0.25, 0.3) is 10.9 Å². The minimum Gasteiger partial charge on any atom is -0.155 e. The Kier molecular flexibility index (Phi) is 2.44. The van der Waals surface area contributed by atoms with Gasteiger partial charge in [-0.05, 0) is 36.6 Å². The fourth-order valence-electron chi connectivity index (χ4n) is 1.53. The van der Waals surface area contributed by atoms with Crippen molar-refractivity contribution in [3.05, 3.63) is 35.5 Å². The molecule has 0 N–H and O–H groups in total. The molecule has 0 aliphatic carbocycles. The van der Waals surface area contributed by atoms with Gasteiger partial charge in [0.05, 0.1) is 11.2 Å². The zero-order valence-electron chi connectivity index (χ0n) is 8.62. The van der Waals surface area contributed by atoms with Gasteiger partial charge in [0, 0.05) is 5.39 Å². The highest BCUT2D eigenvalue weighted by molar-refractivity contribution is 5.78. The summed E-state index contributed by atoms with van der Waals surface area (Å²) in [4.78, 5) is 0. The van der Waals surface area contributed by atoms with Gasteiger partial charge < -0.3 is 0 Å². The van der Waals surface area contributed by atoms with Gasteiger partial charge in [-0.1, -0.05) is 19.9 Å². The van der Waals surface area contributed by atoms with Gasteiger partial charge in [0.25, 0.3) is 0 Å². The van der Waals surface area contributed by atoms with Gasteiger partial charge >= 0.3 is 0 Å². The third kappa shape index (κ3) is 1.60. The Bertz CT molecular complexity index is 410. The highest BCUT2D eigenvalue weighted by atomic mass is 15.1. The van der Waals surface area contributed by atoms with Crippen molar-refractivity contribution in [3.63, 3.8) is 0 Å². The lowest BCUT2D eigenvalue weighted by Crippen LogP contribution is -1.92. The summed E-state index contributed by atoms with van der Waals surface area (Å²) in [5.41, 5.74) is 3.40. The second-order valence-corrected chi connectivity index (χ2v) is 3.44. The van der Waals surface area contributed by atoms with E-state index in [-0.39, 0.29) is 0 Å². The van der Waals surface area contributed by atoms with Crippen LogP contribution in [0.15, 0.2) is 24.3 Å². The second kappa shape index (κ2) is 3.74. The van der Waals surface area contributed by atoms with Crippen molar-refractivity contribution in [2.24, 2.45) is 0 Å². The molecule has 0 unspecified atom stereocenters. The lowest BCUT2D eigenvalue weighted by atomic mass is 10.1. The van der Waals surface area contributed by atoms with E-state index in [0.29, 0.717) is 0 Å². The third-order valence-corrected chi connectivity index (χ3v) is 2.47. The molecule has 14 heavy (non-hydrogen) atoms. The highest BCUT2D eigenvalue weighted by Crippen LogP contribution is 2.14. The maximum atomic E-state index is 4.18. The summed E-state index contributed by atoms with van der Waals surface area (Å²) in [6.45, 7) is 4.26. The summed E-state index contributed by atoms with van der Waals surface area (Å²) in [5.74, 6) is 0.